The van der Waals surface area contributed by atoms with E-state index >= 15 is 0 Å². The van der Waals surface area contributed by atoms with Gasteiger partial charge in [-0.05, 0) is 42.5 Å². The van der Waals surface area contributed by atoms with Gasteiger partial charge in [-0.3, -0.25) is 14.3 Å². The Labute approximate surface area is 229 Å². The molecule has 0 radical (unpaired) electrons. The second kappa shape index (κ2) is 9.49. The molecule has 0 spiro atoms. The third kappa shape index (κ3) is 3.75. The number of aromatic nitrogens is 5. The third-order valence-electron chi connectivity index (χ3n) is 8.18. The Bertz CT molecular complexity index is 1800. The summed E-state index contributed by atoms with van der Waals surface area (Å²) in [6.07, 6.45) is 6.17. The average molecular weight is 536 g/mol. The maximum absolute atomic E-state index is 13.5. The summed E-state index contributed by atoms with van der Waals surface area (Å²) < 4.78 is 11.3. The first kappa shape index (κ1) is 24.3. The maximum atomic E-state index is 13.5. The van der Waals surface area contributed by atoms with E-state index in [1.165, 1.54) is 6.33 Å². The molecular formula is C30H29N7O3. The molecule has 2 atom stereocenters. The van der Waals surface area contributed by atoms with E-state index in [-0.39, 0.29) is 23.1 Å². The first-order valence-corrected chi connectivity index (χ1v) is 13.5. The van der Waals surface area contributed by atoms with Crippen LogP contribution in [0.4, 0.5) is 5.82 Å². The van der Waals surface area contributed by atoms with E-state index in [2.05, 4.69) is 45.0 Å². The van der Waals surface area contributed by atoms with Gasteiger partial charge in [0, 0.05) is 30.8 Å². The molecular weight excluding hydrogens is 506 g/mol. The molecule has 10 heteroatoms. The van der Waals surface area contributed by atoms with E-state index in [4.69, 9.17) is 16.2 Å². The van der Waals surface area contributed by atoms with Crippen LogP contribution in [0.1, 0.15) is 52.8 Å². The van der Waals surface area contributed by atoms with Crippen molar-refractivity contribution >= 4 is 22.8 Å². The van der Waals surface area contributed by atoms with Crippen LogP contribution in [-0.4, -0.2) is 43.0 Å². The normalized spacial score (nSPS) is 18.7. The highest BCUT2D eigenvalue weighted by atomic mass is 16.5. The summed E-state index contributed by atoms with van der Waals surface area (Å²) in [7, 11) is 0. The molecule has 1 fully saturated rings. The van der Waals surface area contributed by atoms with E-state index in [0.29, 0.717) is 30.4 Å². The highest BCUT2D eigenvalue weighted by molar-refractivity contribution is 6.00. The number of rotatable bonds is 5. The van der Waals surface area contributed by atoms with Gasteiger partial charge in [-0.25, -0.2) is 14.6 Å². The van der Waals surface area contributed by atoms with Crippen LogP contribution in [0.2, 0.25) is 0 Å². The molecule has 4 N–H and O–H groups in total. The largest absolute Gasteiger partial charge is 0.383 e. The molecule has 5 heterocycles. The summed E-state index contributed by atoms with van der Waals surface area (Å²) in [4.78, 5) is 34.9. The fourth-order valence-corrected chi connectivity index (χ4v) is 6.34. The smallest absolute Gasteiger partial charge is 0.284 e. The van der Waals surface area contributed by atoms with Gasteiger partial charge in [0.1, 0.15) is 23.4 Å². The number of fused-ring (bicyclic) bond motifs is 2. The Kier molecular flexibility index (Phi) is 5.78. The second-order valence-electron chi connectivity index (χ2n) is 10.4. The van der Waals surface area contributed by atoms with Crippen molar-refractivity contribution in [2.75, 3.05) is 18.9 Å². The topological polar surface area (TPSA) is 136 Å². The van der Waals surface area contributed by atoms with Crippen molar-refractivity contribution in [1.82, 2.24) is 23.9 Å². The van der Waals surface area contributed by atoms with E-state index in [0.717, 1.165) is 53.6 Å². The molecule has 2 unspecified atom stereocenters. The number of amides is 1. The standard InChI is InChI=1S/C30H29N7O3/c31-27-24-23(15-35(21-12-14-40-16-21)29(24)34-17-33-27)19-10-8-18(9-11-19)22-7-4-13-36-26(22)25(28(32)38)30(39)37(36)20-5-2-1-3-6-20/h1-3,5-6,8-11,15,17,21-22H,4,7,12-14,16H2,(H2,32,38)(H2,31,33,34). The van der Waals surface area contributed by atoms with Crippen molar-refractivity contribution in [3.05, 3.63) is 94.3 Å². The Morgan fingerprint density at radius 2 is 1.82 bits per heavy atom. The zero-order valence-electron chi connectivity index (χ0n) is 21.9. The molecule has 2 aromatic carbocycles. The zero-order valence-corrected chi connectivity index (χ0v) is 21.9. The minimum absolute atomic E-state index is 0.0596. The van der Waals surface area contributed by atoms with Crippen molar-refractivity contribution in [1.29, 1.82) is 0 Å². The van der Waals surface area contributed by atoms with Crippen LogP contribution in [0.5, 0.6) is 0 Å². The number of hydrogen-bond acceptors (Lipinski definition) is 6. The number of nitrogen functional groups attached to an aromatic ring is 1. The molecule has 0 bridgehead atoms. The molecule has 2 aliphatic heterocycles. The van der Waals surface area contributed by atoms with E-state index < -0.39 is 5.91 Å². The second-order valence-corrected chi connectivity index (χ2v) is 10.4. The van der Waals surface area contributed by atoms with Crippen LogP contribution in [0.3, 0.4) is 0 Å². The number of nitrogens with zero attached hydrogens (tertiary/aromatic N) is 5. The van der Waals surface area contributed by atoms with Crippen molar-refractivity contribution in [3.63, 3.8) is 0 Å². The number of carbonyl (C=O) groups is 1. The lowest BCUT2D eigenvalue weighted by atomic mass is 9.86. The predicted molar refractivity (Wildman–Crippen MR) is 151 cm³/mol. The number of ether oxygens (including phenoxy) is 1. The minimum atomic E-state index is -0.703. The van der Waals surface area contributed by atoms with Gasteiger partial charge in [-0.1, -0.05) is 42.5 Å². The molecule has 0 saturated carbocycles. The van der Waals surface area contributed by atoms with Crippen LogP contribution in [-0.2, 0) is 11.3 Å². The highest BCUT2D eigenvalue weighted by Gasteiger charge is 2.33. The van der Waals surface area contributed by atoms with E-state index in [1.807, 2.05) is 35.0 Å². The van der Waals surface area contributed by atoms with Crippen LogP contribution >= 0.6 is 0 Å². The quantitative estimate of drug-likeness (QED) is 0.353. The maximum Gasteiger partial charge on any atom is 0.284 e. The van der Waals surface area contributed by atoms with Crippen LogP contribution in [0.25, 0.3) is 27.8 Å². The van der Waals surface area contributed by atoms with Gasteiger partial charge >= 0.3 is 0 Å². The van der Waals surface area contributed by atoms with Crippen LogP contribution in [0.15, 0.2) is 71.9 Å². The number of para-hydroxylation sites is 1. The van der Waals surface area contributed by atoms with Gasteiger partial charge in [0.15, 0.2) is 0 Å². The lowest BCUT2D eigenvalue weighted by Crippen LogP contribution is -2.26. The number of anilines is 1. The van der Waals surface area contributed by atoms with Gasteiger partial charge in [-0.15, -0.1) is 0 Å². The zero-order chi connectivity index (χ0) is 27.4. The molecule has 7 rings (SSSR count). The molecule has 202 valence electrons. The average Bonchev–Trinajstić information content (AvgIpc) is 3.70. The van der Waals surface area contributed by atoms with Gasteiger partial charge in [0.05, 0.1) is 29.4 Å². The highest BCUT2D eigenvalue weighted by Crippen LogP contribution is 2.39. The van der Waals surface area contributed by atoms with Crippen LogP contribution in [0, 0.1) is 0 Å². The summed E-state index contributed by atoms with van der Waals surface area (Å²) in [6.45, 7) is 1.99. The number of hydrogen-bond donors (Lipinski definition) is 2. The Hall–Kier alpha value is -4.70. The van der Waals surface area contributed by atoms with Crippen molar-refractivity contribution in [3.8, 4) is 16.8 Å². The summed E-state index contributed by atoms with van der Waals surface area (Å²) >= 11 is 0. The Balaban J connectivity index is 1.32. The van der Waals surface area contributed by atoms with Gasteiger partial charge < -0.3 is 20.8 Å². The molecule has 40 heavy (non-hydrogen) atoms. The first-order valence-electron chi connectivity index (χ1n) is 13.5. The third-order valence-corrected chi connectivity index (χ3v) is 8.18. The fraction of sp³-hybridized carbons (Fsp3) is 0.267. The van der Waals surface area contributed by atoms with Crippen LogP contribution < -0.4 is 17.0 Å². The SMILES string of the molecule is NC(=O)c1c2n(n(-c3ccccc3)c1=O)CCCC2c1ccc(-c2cn(C3CCOC3)c3ncnc(N)c23)cc1. The van der Waals surface area contributed by atoms with Crippen molar-refractivity contribution in [2.45, 2.75) is 37.8 Å². The number of benzene rings is 2. The monoisotopic (exact) mass is 535 g/mol. The van der Waals surface area contributed by atoms with E-state index in [9.17, 15) is 9.59 Å². The summed E-state index contributed by atoms with van der Waals surface area (Å²) in [6, 6.07) is 17.8. The number of primary amides is 1. The summed E-state index contributed by atoms with van der Waals surface area (Å²) in [5, 5.41) is 0.824. The minimum Gasteiger partial charge on any atom is -0.383 e. The molecule has 3 aromatic heterocycles. The molecule has 2 aliphatic rings. The van der Waals surface area contributed by atoms with Gasteiger partial charge in [0.2, 0.25) is 0 Å². The van der Waals surface area contributed by atoms with Crippen molar-refractivity contribution < 1.29 is 9.53 Å². The number of carbonyl (C=O) groups excluding carboxylic acids is 1. The molecule has 0 aliphatic carbocycles. The Morgan fingerprint density at radius 1 is 1.02 bits per heavy atom. The Morgan fingerprint density at radius 3 is 2.55 bits per heavy atom. The lowest BCUT2D eigenvalue weighted by molar-refractivity contribution is 0.0997. The van der Waals surface area contributed by atoms with E-state index in [1.54, 1.807) is 4.68 Å². The lowest BCUT2D eigenvalue weighted by Gasteiger charge is -2.27. The first-order chi connectivity index (χ1) is 19.5. The van der Waals surface area contributed by atoms with Crippen molar-refractivity contribution in [2.24, 2.45) is 5.73 Å². The van der Waals surface area contributed by atoms with Gasteiger partial charge in [0.25, 0.3) is 11.5 Å². The van der Waals surface area contributed by atoms with Gasteiger partial charge in [-0.2, -0.15) is 0 Å². The molecule has 1 saturated heterocycles. The molecule has 10 nitrogen and oxygen atoms in total. The summed E-state index contributed by atoms with van der Waals surface area (Å²) in [5.74, 6) is -0.411. The summed E-state index contributed by atoms with van der Waals surface area (Å²) in [5.41, 5.74) is 17.0. The predicted octanol–water partition coefficient (Wildman–Crippen LogP) is 3.62. The fourth-order valence-electron chi connectivity index (χ4n) is 6.34. The molecule has 5 aromatic rings. The molecule has 1 amide bonds. The number of nitrogens with two attached hydrogens (primary N) is 2.